The van der Waals surface area contributed by atoms with Gasteiger partial charge in [0.15, 0.2) is 16.4 Å². The number of rotatable bonds is 8. The van der Waals surface area contributed by atoms with Gasteiger partial charge in [-0.05, 0) is 25.0 Å². The molecule has 0 unspecified atom stereocenters. The van der Waals surface area contributed by atoms with Crippen LogP contribution in [0.2, 0.25) is 0 Å². The van der Waals surface area contributed by atoms with E-state index in [4.69, 9.17) is 14.2 Å². The zero-order valence-electron chi connectivity index (χ0n) is 15.8. The summed E-state index contributed by atoms with van der Waals surface area (Å²) in [7, 11) is -0.183. The van der Waals surface area contributed by atoms with Gasteiger partial charge in [0.05, 0.1) is 31.3 Å². The molecule has 150 valence electrons. The van der Waals surface area contributed by atoms with E-state index in [1.54, 1.807) is 6.07 Å². The first-order chi connectivity index (χ1) is 12.8. The molecule has 27 heavy (non-hydrogen) atoms. The lowest BCUT2D eigenvalue weighted by atomic mass is 10.2. The van der Waals surface area contributed by atoms with Crippen LogP contribution in [0.3, 0.4) is 0 Å². The van der Waals surface area contributed by atoms with Crippen LogP contribution in [0.5, 0.6) is 11.5 Å². The van der Waals surface area contributed by atoms with Crippen LogP contribution in [-0.4, -0.2) is 70.1 Å². The number of hydrogen-bond acceptors (Lipinski definition) is 7. The van der Waals surface area contributed by atoms with Crippen LogP contribution < -0.4 is 9.47 Å². The minimum atomic E-state index is -3.11. The molecule has 0 saturated carbocycles. The smallest absolute Gasteiger partial charge is 0.338 e. The van der Waals surface area contributed by atoms with Crippen molar-refractivity contribution in [2.45, 2.75) is 25.8 Å². The van der Waals surface area contributed by atoms with Gasteiger partial charge < -0.3 is 19.1 Å². The predicted molar refractivity (Wildman–Crippen MR) is 98.9 cm³/mol. The van der Waals surface area contributed by atoms with Gasteiger partial charge >= 0.3 is 5.97 Å². The van der Waals surface area contributed by atoms with Crippen molar-refractivity contribution in [2.24, 2.45) is 0 Å². The van der Waals surface area contributed by atoms with E-state index in [0.717, 1.165) is 0 Å². The molecule has 1 saturated heterocycles. The molecule has 0 spiro atoms. The van der Waals surface area contributed by atoms with E-state index < -0.39 is 28.3 Å². The summed E-state index contributed by atoms with van der Waals surface area (Å²) >= 11 is 0. The van der Waals surface area contributed by atoms with E-state index in [1.807, 2.05) is 6.92 Å². The lowest BCUT2D eigenvalue weighted by molar-refractivity contribution is -0.136. The second-order valence-electron chi connectivity index (χ2n) is 6.32. The molecule has 1 fully saturated rings. The molecule has 1 amide bonds. The molecular formula is C18H25NO7S. The van der Waals surface area contributed by atoms with Gasteiger partial charge in [-0.2, -0.15) is 0 Å². The summed E-state index contributed by atoms with van der Waals surface area (Å²) in [5, 5.41) is 0. The standard InChI is InChI=1S/C18H25NO7S/c1-4-6-19(14-5-7-27(22,23)12-14)17(20)11-26-18(21)13-8-15(24-2)10-16(9-13)25-3/h8-10,14H,4-7,11-12H2,1-3H3/t14-/m1/s1. The summed E-state index contributed by atoms with van der Waals surface area (Å²) in [4.78, 5) is 26.3. The number of hydrogen-bond donors (Lipinski definition) is 0. The molecule has 9 heteroatoms. The third-order valence-electron chi connectivity index (χ3n) is 4.35. The number of carbonyl (C=O) groups excluding carboxylic acids is 2. The van der Waals surface area contributed by atoms with Crippen LogP contribution in [0.25, 0.3) is 0 Å². The number of benzene rings is 1. The highest BCUT2D eigenvalue weighted by atomic mass is 32.2. The first-order valence-electron chi connectivity index (χ1n) is 8.69. The van der Waals surface area contributed by atoms with Gasteiger partial charge in [-0.15, -0.1) is 0 Å². The monoisotopic (exact) mass is 399 g/mol. The molecule has 1 atom stereocenters. The number of esters is 1. The van der Waals surface area contributed by atoms with E-state index in [2.05, 4.69) is 0 Å². The van der Waals surface area contributed by atoms with Crippen molar-refractivity contribution in [1.29, 1.82) is 0 Å². The summed E-state index contributed by atoms with van der Waals surface area (Å²) in [5.41, 5.74) is 0.199. The average Bonchev–Trinajstić information content (AvgIpc) is 3.02. The lowest BCUT2D eigenvalue weighted by Crippen LogP contribution is -2.43. The topological polar surface area (TPSA) is 99.2 Å². The highest BCUT2D eigenvalue weighted by Gasteiger charge is 2.34. The fourth-order valence-corrected chi connectivity index (χ4v) is 4.72. The molecule has 8 nitrogen and oxygen atoms in total. The second kappa shape index (κ2) is 9.07. The number of nitrogens with zero attached hydrogens (tertiary/aromatic N) is 1. The van der Waals surface area contributed by atoms with Crippen LogP contribution >= 0.6 is 0 Å². The zero-order chi connectivity index (χ0) is 20.0. The summed E-state index contributed by atoms with van der Waals surface area (Å²) in [6.07, 6.45) is 1.10. The maximum Gasteiger partial charge on any atom is 0.338 e. The third-order valence-corrected chi connectivity index (χ3v) is 6.10. The zero-order valence-corrected chi connectivity index (χ0v) is 16.6. The number of sulfone groups is 1. The Morgan fingerprint density at radius 2 is 1.78 bits per heavy atom. The fourth-order valence-electron chi connectivity index (χ4n) is 2.99. The lowest BCUT2D eigenvalue weighted by Gasteiger charge is -2.27. The number of ether oxygens (including phenoxy) is 3. The van der Waals surface area contributed by atoms with Gasteiger partial charge in [-0.3, -0.25) is 4.79 Å². The van der Waals surface area contributed by atoms with E-state index in [1.165, 1.54) is 31.3 Å². The van der Waals surface area contributed by atoms with Crippen molar-refractivity contribution in [3.05, 3.63) is 23.8 Å². The summed E-state index contributed by atoms with van der Waals surface area (Å²) in [6.45, 7) is 1.87. The molecule has 1 aliphatic heterocycles. The van der Waals surface area contributed by atoms with Crippen molar-refractivity contribution in [3.63, 3.8) is 0 Å². The maximum atomic E-state index is 12.5. The number of carbonyl (C=O) groups is 2. The summed E-state index contributed by atoms with van der Waals surface area (Å²) < 4.78 is 38.8. The van der Waals surface area contributed by atoms with Crippen LogP contribution in [0, 0.1) is 0 Å². The Morgan fingerprint density at radius 3 is 2.26 bits per heavy atom. The van der Waals surface area contributed by atoms with E-state index in [0.29, 0.717) is 30.9 Å². The largest absolute Gasteiger partial charge is 0.497 e. The van der Waals surface area contributed by atoms with Crippen molar-refractivity contribution >= 4 is 21.7 Å². The van der Waals surface area contributed by atoms with Gasteiger partial charge in [0.1, 0.15) is 11.5 Å². The van der Waals surface area contributed by atoms with Crippen molar-refractivity contribution < 1.29 is 32.2 Å². The normalized spacial score (nSPS) is 18.0. The first kappa shape index (κ1) is 21.0. The Bertz CT molecular complexity index is 769. The first-order valence-corrected chi connectivity index (χ1v) is 10.5. The molecule has 0 bridgehead atoms. The van der Waals surface area contributed by atoms with Gasteiger partial charge in [-0.1, -0.05) is 6.92 Å². The Labute approximate surface area is 159 Å². The third kappa shape index (κ3) is 5.59. The molecule has 0 radical (unpaired) electrons. The predicted octanol–water partition coefficient (Wildman–Crippen LogP) is 1.29. The molecule has 0 aromatic heterocycles. The summed E-state index contributed by atoms with van der Waals surface area (Å²) in [6, 6.07) is 4.23. The molecular weight excluding hydrogens is 374 g/mol. The van der Waals surface area contributed by atoms with Crippen LogP contribution in [0.15, 0.2) is 18.2 Å². The summed E-state index contributed by atoms with van der Waals surface area (Å²) in [5.74, 6) is -0.195. The second-order valence-corrected chi connectivity index (χ2v) is 8.55. The SMILES string of the molecule is CCCN(C(=O)COC(=O)c1cc(OC)cc(OC)c1)[C@@H]1CCS(=O)(=O)C1. The molecule has 2 rings (SSSR count). The fraction of sp³-hybridized carbons (Fsp3) is 0.556. The molecule has 1 heterocycles. The van der Waals surface area contributed by atoms with E-state index in [-0.39, 0.29) is 23.1 Å². The van der Waals surface area contributed by atoms with Gasteiger partial charge in [0.2, 0.25) is 0 Å². The van der Waals surface area contributed by atoms with E-state index in [9.17, 15) is 18.0 Å². The minimum Gasteiger partial charge on any atom is -0.497 e. The van der Waals surface area contributed by atoms with Crippen molar-refractivity contribution in [1.82, 2.24) is 4.90 Å². The Morgan fingerprint density at radius 1 is 1.15 bits per heavy atom. The highest BCUT2D eigenvalue weighted by molar-refractivity contribution is 7.91. The number of amides is 1. The quantitative estimate of drug-likeness (QED) is 0.607. The molecule has 0 N–H and O–H groups in total. The highest BCUT2D eigenvalue weighted by Crippen LogP contribution is 2.23. The average molecular weight is 399 g/mol. The Balaban J connectivity index is 2.03. The Hall–Kier alpha value is -2.29. The molecule has 1 aliphatic rings. The van der Waals surface area contributed by atoms with Crippen LogP contribution in [0.4, 0.5) is 0 Å². The van der Waals surface area contributed by atoms with Crippen molar-refractivity contribution in [3.8, 4) is 11.5 Å². The minimum absolute atomic E-state index is 0.0419. The van der Waals surface area contributed by atoms with Gasteiger partial charge in [-0.25, -0.2) is 13.2 Å². The Kier molecular flexibility index (Phi) is 7.06. The number of methoxy groups -OCH3 is 2. The molecule has 1 aromatic carbocycles. The van der Waals surface area contributed by atoms with Crippen molar-refractivity contribution in [2.75, 3.05) is 38.9 Å². The van der Waals surface area contributed by atoms with Gasteiger partial charge in [0.25, 0.3) is 5.91 Å². The maximum absolute atomic E-state index is 12.5. The van der Waals surface area contributed by atoms with Gasteiger partial charge in [0, 0.05) is 18.7 Å². The molecule has 1 aromatic rings. The van der Waals surface area contributed by atoms with Crippen LogP contribution in [-0.2, 0) is 19.4 Å². The van der Waals surface area contributed by atoms with E-state index >= 15 is 0 Å². The van der Waals surface area contributed by atoms with Crippen LogP contribution in [0.1, 0.15) is 30.1 Å². The molecule has 0 aliphatic carbocycles.